The van der Waals surface area contributed by atoms with Crippen LogP contribution in [0.25, 0.3) is 0 Å². The summed E-state index contributed by atoms with van der Waals surface area (Å²) in [5.74, 6) is 1.17. The average molecular weight is 320 g/mol. The van der Waals surface area contributed by atoms with Crippen LogP contribution in [0.15, 0.2) is 0 Å². The minimum Gasteiger partial charge on any atom is -0.481 e. The number of hydrogen-bond donors (Lipinski definition) is 1. The van der Waals surface area contributed by atoms with Crippen LogP contribution in [0.2, 0.25) is 0 Å². The minimum atomic E-state index is -0.851. The molecular weight excluding hydrogens is 296 g/mol. The first kappa shape index (κ1) is 17.7. The van der Waals surface area contributed by atoms with Crippen molar-refractivity contribution in [1.29, 1.82) is 0 Å². The van der Waals surface area contributed by atoms with Crippen LogP contribution in [0.5, 0.6) is 0 Å². The molecule has 0 amide bonds. The molecule has 0 aromatic carbocycles. The zero-order valence-corrected chi connectivity index (χ0v) is 13.9. The molecule has 1 fully saturated rings. The van der Waals surface area contributed by atoms with E-state index in [0.29, 0.717) is 30.5 Å². The molecule has 4 nitrogen and oxygen atoms in total. The van der Waals surface area contributed by atoms with Crippen LogP contribution in [0.1, 0.15) is 46.0 Å². The van der Waals surface area contributed by atoms with Crippen molar-refractivity contribution in [2.75, 3.05) is 18.1 Å². The average Bonchev–Trinajstić information content (AvgIpc) is 2.44. The zero-order chi connectivity index (χ0) is 15.0. The molecule has 0 saturated carbocycles. The van der Waals surface area contributed by atoms with E-state index >= 15 is 0 Å². The molecule has 0 aromatic heterocycles. The van der Waals surface area contributed by atoms with Crippen LogP contribution >= 0.6 is 23.5 Å². The Hall–Kier alpha value is -0.360. The Morgan fingerprint density at radius 1 is 1.30 bits per heavy atom. The molecule has 1 aliphatic rings. The summed E-state index contributed by atoms with van der Waals surface area (Å²) in [6, 6.07) is 0. The van der Waals surface area contributed by atoms with Gasteiger partial charge in [0.05, 0.1) is 16.6 Å². The summed E-state index contributed by atoms with van der Waals surface area (Å²) in [6.07, 6.45) is 2.95. The summed E-state index contributed by atoms with van der Waals surface area (Å²) < 4.78 is 5.60. The number of thioether (sulfide) groups is 2. The molecule has 116 valence electrons. The minimum absolute atomic E-state index is 0.0225. The summed E-state index contributed by atoms with van der Waals surface area (Å²) in [5, 5.41) is 8.93. The van der Waals surface area contributed by atoms with Crippen molar-refractivity contribution in [3.63, 3.8) is 0 Å². The van der Waals surface area contributed by atoms with Crippen molar-refractivity contribution in [2.45, 2.75) is 50.5 Å². The van der Waals surface area contributed by atoms with Gasteiger partial charge in [0.15, 0.2) is 0 Å². The Morgan fingerprint density at radius 2 is 1.95 bits per heavy atom. The molecule has 0 radical (unpaired) electrons. The van der Waals surface area contributed by atoms with Gasteiger partial charge in [-0.15, -0.1) is 23.5 Å². The Kier molecular flexibility index (Phi) is 7.80. The monoisotopic (exact) mass is 320 g/mol. The zero-order valence-electron chi connectivity index (χ0n) is 12.2. The fourth-order valence-corrected chi connectivity index (χ4v) is 5.52. The molecule has 0 spiro atoms. The Bertz CT molecular complexity index is 329. The maximum Gasteiger partial charge on any atom is 0.312 e. The number of esters is 1. The maximum atomic E-state index is 12.3. The first-order chi connectivity index (χ1) is 9.54. The van der Waals surface area contributed by atoms with Crippen molar-refractivity contribution in [1.82, 2.24) is 0 Å². The highest BCUT2D eigenvalue weighted by Crippen LogP contribution is 2.43. The van der Waals surface area contributed by atoms with E-state index in [0.717, 1.165) is 11.5 Å². The Balaban J connectivity index is 2.78. The molecule has 1 atom stereocenters. The number of carbonyl (C=O) groups excluding carboxylic acids is 1. The molecule has 1 aliphatic heterocycles. The van der Waals surface area contributed by atoms with Gasteiger partial charge in [-0.2, -0.15) is 0 Å². The van der Waals surface area contributed by atoms with Crippen LogP contribution in [-0.4, -0.2) is 39.7 Å². The third-order valence-electron chi connectivity index (χ3n) is 3.66. The number of rotatable bonds is 8. The van der Waals surface area contributed by atoms with Crippen molar-refractivity contribution in [2.24, 2.45) is 5.41 Å². The maximum absolute atomic E-state index is 12.3. The molecule has 0 bridgehead atoms. The first-order valence-electron chi connectivity index (χ1n) is 7.16. The number of carboxylic acid groups (broad SMARTS) is 1. The van der Waals surface area contributed by atoms with Crippen molar-refractivity contribution in [3.05, 3.63) is 0 Å². The number of ether oxygens (including phenoxy) is 1. The van der Waals surface area contributed by atoms with Crippen LogP contribution in [0.3, 0.4) is 0 Å². The van der Waals surface area contributed by atoms with Gasteiger partial charge in [-0.1, -0.05) is 6.92 Å². The number of carbonyl (C=O) groups is 2. The number of aliphatic carboxylic acids is 1. The summed E-state index contributed by atoms with van der Waals surface area (Å²) in [7, 11) is 0. The second kappa shape index (κ2) is 8.82. The number of carboxylic acids is 1. The van der Waals surface area contributed by atoms with Gasteiger partial charge in [0, 0.05) is 6.42 Å². The normalized spacial score (nSPS) is 19.3. The Morgan fingerprint density at radius 3 is 2.45 bits per heavy atom. The Labute approximate surface area is 129 Å². The van der Waals surface area contributed by atoms with Gasteiger partial charge >= 0.3 is 11.9 Å². The van der Waals surface area contributed by atoms with E-state index in [-0.39, 0.29) is 12.4 Å². The summed E-state index contributed by atoms with van der Waals surface area (Å²) in [6.45, 7) is 4.09. The predicted octanol–water partition coefficient (Wildman–Crippen LogP) is 3.40. The van der Waals surface area contributed by atoms with E-state index in [2.05, 4.69) is 0 Å². The standard InChI is InChI=1S/C14H24O4S2/c1-3-14(7-6-11(15)16,13(17)18-4-2)10-12-19-8-5-9-20-12/h12H,3-10H2,1-2H3,(H,15,16). The molecule has 1 N–H and O–H groups in total. The third-order valence-corrected chi connectivity index (χ3v) is 6.60. The van der Waals surface area contributed by atoms with Crippen molar-refractivity contribution >= 4 is 35.5 Å². The quantitative estimate of drug-likeness (QED) is 0.692. The van der Waals surface area contributed by atoms with E-state index < -0.39 is 11.4 Å². The fourth-order valence-electron chi connectivity index (χ4n) is 2.36. The van der Waals surface area contributed by atoms with Gasteiger partial charge in [-0.05, 0) is 44.1 Å². The van der Waals surface area contributed by atoms with Crippen LogP contribution in [0, 0.1) is 5.41 Å². The molecule has 6 heteroatoms. The van der Waals surface area contributed by atoms with E-state index in [4.69, 9.17) is 9.84 Å². The second-order valence-corrected chi connectivity index (χ2v) is 7.90. The lowest BCUT2D eigenvalue weighted by molar-refractivity contribution is -0.157. The van der Waals surface area contributed by atoms with Crippen molar-refractivity contribution in [3.8, 4) is 0 Å². The van der Waals surface area contributed by atoms with Gasteiger partial charge in [0.2, 0.25) is 0 Å². The van der Waals surface area contributed by atoms with Crippen LogP contribution in [0.4, 0.5) is 0 Å². The first-order valence-corrected chi connectivity index (χ1v) is 9.26. The highest BCUT2D eigenvalue weighted by atomic mass is 32.2. The molecule has 0 aromatic rings. The molecule has 20 heavy (non-hydrogen) atoms. The van der Waals surface area contributed by atoms with E-state index in [1.807, 2.05) is 30.4 Å². The van der Waals surface area contributed by atoms with Gasteiger partial charge in [0.1, 0.15) is 0 Å². The van der Waals surface area contributed by atoms with E-state index in [1.165, 1.54) is 6.42 Å². The SMILES string of the molecule is CCOC(=O)C(CC)(CCC(=O)O)CC1SCCCS1. The molecule has 0 aliphatic carbocycles. The highest BCUT2D eigenvalue weighted by molar-refractivity contribution is 8.17. The fraction of sp³-hybridized carbons (Fsp3) is 0.857. The molecule has 1 rings (SSSR count). The lowest BCUT2D eigenvalue weighted by Crippen LogP contribution is -2.36. The van der Waals surface area contributed by atoms with E-state index in [1.54, 1.807) is 6.92 Å². The topological polar surface area (TPSA) is 63.6 Å². The van der Waals surface area contributed by atoms with E-state index in [9.17, 15) is 9.59 Å². The summed E-state index contributed by atoms with van der Waals surface area (Å²) in [5.41, 5.74) is -0.642. The summed E-state index contributed by atoms with van der Waals surface area (Å²) >= 11 is 3.77. The lowest BCUT2D eigenvalue weighted by Gasteiger charge is -2.34. The smallest absolute Gasteiger partial charge is 0.312 e. The largest absolute Gasteiger partial charge is 0.481 e. The highest BCUT2D eigenvalue weighted by Gasteiger charge is 2.41. The number of hydrogen-bond acceptors (Lipinski definition) is 5. The second-order valence-electron chi connectivity index (χ2n) is 4.98. The van der Waals surface area contributed by atoms with Gasteiger partial charge in [0.25, 0.3) is 0 Å². The van der Waals surface area contributed by atoms with Crippen LogP contribution < -0.4 is 0 Å². The molecular formula is C14H24O4S2. The molecule has 1 unspecified atom stereocenters. The molecule has 1 saturated heterocycles. The summed E-state index contributed by atoms with van der Waals surface area (Å²) in [4.78, 5) is 23.2. The predicted molar refractivity (Wildman–Crippen MR) is 84.2 cm³/mol. The van der Waals surface area contributed by atoms with Gasteiger partial charge in [-0.3, -0.25) is 9.59 Å². The van der Waals surface area contributed by atoms with Crippen LogP contribution in [-0.2, 0) is 14.3 Å². The van der Waals surface area contributed by atoms with Gasteiger partial charge in [-0.25, -0.2) is 0 Å². The third kappa shape index (κ3) is 5.20. The lowest BCUT2D eigenvalue weighted by atomic mass is 9.78. The molecule has 1 heterocycles. The van der Waals surface area contributed by atoms with Gasteiger partial charge < -0.3 is 9.84 Å². The van der Waals surface area contributed by atoms with Crippen molar-refractivity contribution < 1.29 is 19.4 Å².